The van der Waals surface area contributed by atoms with Crippen LogP contribution in [-0.2, 0) is 33.2 Å². The van der Waals surface area contributed by atoms with E-state index >= 15 is 0 Å². The van der Waals surface area contributed by atoms with Crippen molar-refractivity contribution >= 4 is 23.4 Å². The maximum atomic E-state index is 14.8. The fourth-order valence-electron chi connectivity index (χ4n) is 11.6. The Kier molecular flexibility index (Phi) is 22.5. The summed E-state index contributed by atoms with van der Waals surface area (Å²) in [5.74, 6) is -2.00. The highest BCUT2D eigenvalue weighted by atomic mass is 16.7. The zero-order valence-electron chi connectivity index (χ0n) is 49.3. The number of likely N-dealkylation sites (N-methyl/N-ethyl adjacent to an activating group) is 1. The fourth-order valence-corrected chi connectivity index (χ4v) is 11.6. The molecule has 2 aromatic carbocycles. The molecule has 19 heteroatoms. The molecule has 0 spiro atoms. The number of amides is 2. The molecule has 3 saturated heterocycles. The van der Waals surface area contributed by atoms with E-state index in [1.807, 2.05) is 96.9 Å². The van der Waals surface area contributed by atoms with Crippen LogP contribution in [0.15, 0.2) is 48.5 Å². The number of carbonyl (C=O) groups is 2. The molecule has 0 unspecified atom stereocenters. The highest BCUT2D eigenvalue weighted by Crippen LogP contribution is 2.44. The summed E-state index contributed by atoms with van der Waals surface area (Å²) in [6, 6.07) is 13.3. The van der Waals surface area contributed by atoms with Crippen molar-refractivity contribution in [2.45, 2.75) is 205 Å². The van der Waals surface area contributed by atoms with Crippen molar-refractivity contribution in [3.05, 3.63) is 48.5 Å². The Morgan fingerprint density at radius 1 is 0.870 bits per heavy atom. The number of hydrogen-bond acceptors (Lipinski definition) is 17. The molecule has 3 heterocycles. The topological polar surface area (TPSA) is 223 Å². The summed E-state index contributed by atoms with van der Waals surface area (Å²) in [7, 11) is 8.89. The molecule has 19 nitrogen and oxygen atoms in total. The SMILES string of the molecule is CCCNC[C@]1(O)[C@H](C)O[C@@H](O[C@H]2[C@H](C)[C@@H](O[C@@H]3O[C@H](C)C[C@H](N(C)C(=O)N(C)c4ccc(N(C)C)cc4)[C@H]3Oc3cccc(OCC)c3)[C@](C)(O)C[C@@H](C)CN[C@H](C)[C@@H](O)[C@](C)(O)[C@@H](CC)OC(=O)[C@@H]2C)C[C@@]1(C)OC. The molecule has 2 amide bonds. The fraction of sp³-hybridized carbons (Fsp3) is 0.759. The van der Waals surface area contributed by atoms with Crippen molar-refractivity contribution in [1.29, 1.82) is 0 Å². The summed E-state index contributed by atoms with van der Waals surface area (Å²) in [6.45, 7) is 23.1. The number of aliphatic hydroxyl groups is 4. The zero-order chi connectivity index (χ0) is 57.4. The number of ether oxygens (including phenoxy) is 8. The number of methoxy groups -OCH3 is 1. The zero-order valence-corrected chi connectivity index (χ0v) is 49.3. The summed E-state index contributed by atoms with van der Waals surface area (Å²) in [5, 5.41) is 55.8. The summed E-state index contributed by atoms with van der Waals surface area (Å²) in [6.07, 6.45) is -7.94. The molecule has 0 aliphatic carbocycles. The Morgan fingerprint density at radius 3 is 2.13 bits per heavy atom. The lowest BCUT2D eigenvalue weighted by Crippen LogP contribution is -2.70. The lowest BCUT2D eigenvalue weighted by molar-refractivity contribution is -0.335. The predicted octanol–water partition coefficient (Wildman–Crippen LogP) is 6.11. The Labute approximate surface area is 459 Å². The highest BCUT2D eigenvalue weighted by molar-refractivity contribution is 5.91. The second-order valence-corrected chi connectivity index (χ2v) is 23.1. The van der Waals surface area contributed by atoms with Gasteiger partial charge in [-0.05, 0) is 136 Å². The molecule has 6 N–H and O–H groups in total. The van der Waals surface area contributed by atoms with Gasteiger partial charge >= 0.3 is 12.0 Å². The van der Waals surface area contributed by atoms with Gasteiger partial charge in [0.15, 0.2) is 18.7 Å². The van der Waals surface area contributed by atoms with E-state index in [1.165, 1.54) is 14.0 Å². The van der Waals surface area contributed by atoms with Gasteiger partial charge in [-0.2, -0.15) is 0 Å². The first kappa shape index (κ1) is 64.0. The van der Waals surface area contributed by atoms with Gasteiger partial charge in [0.25, 0.3) is 0 Å². The van der Waals surface area contributed by atoms with Crippen molar-refractivity contribution in [3.8, 4) is 11.5 Å². The van der Waals surface area contributed by atoms with Gasteiger partial charge in [-0.15, -0.1) is 0 Å². The molecular formula is C58H97N5O14. The third-order valence-electron chi connectivity index (χ3n) is 16.6. The summed E-state index contributed by atoms with van der Waals surface area (Å²) in [5.41, 5.74) is -4.62. The number of rotatable bonds is 17. The number of carbonyl (C=O) groups excluding carboxylic acids is 2. The number of cyclic esters (lactones) is 1. The van der Waals surface area contributed by atoms with Crippen molar-refractivity contribution in [2.24, 2.45) is 17.8 Å². The van der Waals surface area contributed by atoms with E-state index in [4.69, 9.17) is 37.9 Å². The maximum absolute atomic E-state index is 14.8. The molecule has 3 aliphatic heterocycles. The van der Waals surface area contributed by atoms with E-state index in [0.29, 0.717) is 43.3 Å². The van der Waals surface area contributed by atoms with Crippen molar-refractivity contribution in [3.63, 3.8) is 0 Å². The molecule has 3 aliphatic rings. The molecule has 5 rings (SSSR count). The van der Waals surface area contributed by atoms with E-state index in [2.05, 4.69) is 10.6 Å². The van der Waals surface area contributed by atoms with Gasteiger partial charge in [-0.25, -0.2) is 4.79 Å². The number of aliphatic hydroxyl groups excluding tert-OH is 1. The molecular weight excluding hydrogens is 991 g/mol. The Bertz CT molecular complexity index is 2170. The second-order valence-electron chi connectivity index (χ2n) is 23.1. The summed E-state index contributed by atoms with van der Waals surface area (Å²) >= 11 is 0. The Hall–Kier alpha value is -3.86. The quantitative estimate of drug-likeness (QED) is 0.0777. The molecule has 0 bridgehead atoms. The number of benzene rings is 2. The van der Waals surface area contributed by atoms with Crippen molar-refractivity contribution in [2.75, 3.05) is 71.3 Å². The molecule has 18 atom stereocenters. The van der Waals surface area contributed by atoms with Gasteiger partial charge in [0.2, 0.25) is 0 Å². The summed E-state index contributed by atoms with van der Waals surface area (Å²) in [4.78, 5) is 34.8. The maximum Gasteiger partial charge on any atom is 0.324 e. The average Bonchev–Trinajstić information content (AvgIpc) is 3.38. The van der Waals surface area contributed by atoms with Crippen LogP contribution < -0.4 is 29.9 Å². The highest BCUT2D eigenvalue weighted by Gasteiger charge is 2.58. The standard InChI is InChI=1S/C58H97N5O14/c1-18-28-59-34-58(69)40(9)73-47(32-56(58,11)70-17)76-48-37(6)51(55(10,67)31-35(4)33-60-39(8)50(64)57(12,68)46(19-2)75-52(65)38(48)7)77-53-49(74-44-23-21-22-43(30-44)71-20-3)45(29-36(5)72-53)63(16)54(66)62(15)42-26-24-41(25-27-42)61(13)14/h21-27,30,35-40,45-51,53,59-60,64,67-69H,18-20,28-29,31-34H2,1-17H3/t35-,36-,37+,38-,39-,40+,45+,46-,47+,48+,49-,50-,51-,53+,55-,56-,57-,58+/m1/s1. The van der Waals surface area contributed by atoms with E-state index in [1.54, 1.807) is 70.6 Å². The summed E-state index contributed by atoms with van der Waals surface area (Å²) < 4.78 is 52.9. The predicted molar refractivity (Wildman–Crippen MR) is 296 cm³/mol. The van der Waals surface area contributed by atoms with E-state index in [-0.39, 0.29) is 37.8 Å². The van der Waals surface area contributed by atoms with E-state index in [9.17, 15) is 30.0 Å². The Balaban J connectivity index is 1.66. The number of nitrogens with zero attached hydrogens (tertiary/aromatic N) is 3. The number of urea groups is 1. The number of nitrogens with one attached hydrogen (secondary N) is 2. The second kappa shape index (κ2) is 27.1. The largest absolute Gasteiger partial charge is 0.494 e. The number of esters is 1. The smallest absolute Gasteiger partial charge is 0.324 e. The first-order chi connectivity index (χ1) is 36.1. The van der Waals surface area contributed by atoms with Crippen LogP contribution in [0.1, 0.15) is 115 Å². The van der Waals surface area contributed by atoms with Crippen molar-refractivity contribution in [1.82, 2.24) is 15.5 Å². The minimum absolute atomic E-state index is 0.0421. The molecule has 0 radical (unpaired) electrons. The lowest BCUT2D eigenvalue weighted by Gasteiger charge is -2.53. The number of anilines is 2. The van der Waals surface area contributed by atoms with Gasteiger partial charge in [-0.3, -0.25) is 9.69 Å². The molecule has 2 aromatic rings. The monoisotopic (exact) mass is 1090 g/mol. The molecule has 0 aromatic heterocycles. The first-order valence-electron chi connectivity index (χ1n) is 27.9. The van der Waals surface area contributed by atoms with Gasteiger partial charge in [0.1, 0.15) is 40.5 Å². The molecule has 77 heavy (non-hydrogen) atoms. The lowest BCUT2D eigenvalue weighted by atomic mass is 9.75. The van der Waals surface area contributed by atoms with Crippen LogP contribution >= 0.6 is 0 Å². The average molecular weight is 1090 g/mol. The van der Waals surface area contributed by atoms with Crippen LogP contribution in [-0.4, -0.2) is 189 Å². The van der Waals surface area contributed by atoms with Gasteiger partial charge in [0.05, 0.1) is 48.6 Å². The third kappa shape index (κ3) is 14.9. The normalized spacial score (nSPS) is 37.6. The minimum atomic E-state index is -1.87. The van der Waals surface area contributed by atoms with E-state index in [0.717, 1.165) is 12.1 Å². The first-order valence-corrected chi connectivity index (χ1v) is 27.9. The van der Waals surface area contributed by atoms with Crippen LogP contribution in [0.25, 0.3) is 0 Å². The molecule has 0 saturated carbocycles. The van der Waals surface area contributed by atoms with Gasteiger partial charge in [0, 0.05) is 77.7 Å². The van der Waals surface area contributed by atoms with E-state index < -0.39 is 108 Å². The third-order valence-corrected chi connectivity index (χ3v) is 16.6. The van der Waals surface area contributed by atoms with Crippen LogP contribution in [0.5, 0.6) is 11.5 Å². The molecule has 438 valence electrons. The van der Waals surface area contributed by atoms with Gasteiger partial charge < -0.3 is 78.8 Å². The van der Waals surface area contributed by atoms with Crippen molar-refractivity contribution < 1.29 is 67.9 Å². The van der Waals surface area contributed by atoms with Crippen LogP contribution in [0.4, 0.5) is 16.2 Å². The molecule has 3 fully saturated rings. The van der Waals surface area contributed by atoms with Crippen LogP contribution in [0.2, 0.25) is 0 Å². The number of hydrogen-bond donors (Lipinski definition) is 6. The van der Waals surface area contributed by atoms with Crippen LogP contribution in [0.3, 0.4) is 0 Å². The Morgan fingerprint density at radius 2 is 1.52 bits per heavy atom. The van der Waals surface area contributed by atoms with Crippen LogP contribution in [0, 0.1) is 17.8 Å². The van der Waals surface area contributed by atoms with Gasteiger partial charge in [-0.1, -0.05) is 33.8 Å². The minimum Gasteiger partial charge on any atom is -0.494 e.